The lowest BCUT2D eigenvalue weighted by Crippen LogP contribution is -2.13. The van der Waals surface area contributed by atoms with Crippen molar-refractivity contribution in [3.8, 4) is 11.5 Å². The van der Waals surface area contributed by atoms with Crippen LogP contribution in [0.25, 0.3) is 0 Å². The fourth-order valence-corrected chi connectivity index (χ4v) is 2.98. The Kier molecular flexibility index (Phi) is 6.07. The first kappa shape index (κ1) is 17.8. The summed E-state index contributed by atoms with van der Waals surface area (Å²) in [6.07, 6.45) is 0. The summed E-state index contributed by atoms with van der Waals surface area (Å²) in [7, 11) is 1.55. The van der Waals surface area contributed by atoms with Crippen LogP contribution in [-0.4, -0.2) is 19.6 Å². The van der Waals surface area contributed by atoms with Crippen molar-refractivity contribution in [2.45, 2.75) is 13.8 Å². The summed E-state index contributed by atoms with van der Waals surface area (Å²) in [5.41, 5.74) is 2.23. The molecule has 0 spiro atoms. The Morgan fingerprint density at radius 1 is 1.22 bits per heavy atom. The third-order valence-electron chi connectivity index (χ3n) is 3.23. The fourth-order valence-electron chi connectivity index (χ4n) is 2.06. The molecule has 2 rings (SSSR count). The zero-order valence-corrected chi connectivity index (χ0v) is 16.2. The summed E-state index contributed by atoms with van der Waals surface area (Å²) in [5, 5.41) is 2.91. The molecule has 2 aromatic carbocycles. The Bertz CT molecular complexity index is 732. The van der Waals surface area contributed by atoms with Gasteiger partial charge in [-0.3, -0.25) is 4.79 Å². The first-order chi connectivity index (χ1) is 11.0. The van der Waals surface area contributed by atoms with Crippen LogP contribution in [0.15, 0.2) is 39.3 Å². The highest BCUT2D eigenvalue weighted by atomic mass is 79.9. The van der Waals surface area contributed by atoms with Gasteiger partial charge >= 0.3 is 0 Å². The topological polar surface area (TPSA) is 47.6 Å². The Balaban J connectivity index is 2.32. The molecule has 6 heteroatoms. The van der Waals surface area contributed by atoms with Crippen molar-refractivity contribution in [3.05, 3.63) is 50.4 Å². The van der Waals surface area contributed by atoms with E-state index in [4.69, 9.17) is 9.47 Å². The number of amides is 1. The van der Waals surface area contributed by atoms with E-state index in [9.17, 15) is 4.79 Å². The molecule has 0 bridgehead atoms. The van der Waals surface area contributed by atoms with Crippen molar-refractivity contribution < 1.29 is 14.3 Å². The second kappa shape index (κ2) is 7.84. The Hall–Kier alpha value is -1.53. The van der Waals surface area contributed by atoms with Gasteiger partial charge in [-0.25, -0.2) is 0 Å². The summed E-state index contributed by atoms with van der Waals surface area (Å²) >= 11 is 6.84. The van der Waals surface area contributed by atoms with E-state index in [1.807, 2.05) is 32.0 Å². The van der Waals surface area contributed by atoms with Gasteiger partial charge < -0.3 is 14.8 Å². The monoisotopic (exact) mass is 441 g/mol. The van der Waals surface area contributed by atoms with E-state index in [0.717, 1.165) is 15.7 Å². The van der Waals surface area contributed by atoms with E-state index in [1.165, 1.54) is 0 Å². The normalized spacial score (nSPS) is 10.3. The second-order valence-corrected chi connectivity index (χ2v) is 6.61. The van der Waals surface area contributed by atoms with Crippen molar-refractivity contribution in [1.82, 2.24) is 0 Å². The van der Waals surface area contributed by atoms with Crippen LogP contribution in [0, 0.1) is 6.92 Å². The maximum absolute atomic E-state index is 12.5. The molecule has 0 aliphatic rings. The first-order valence-electron chi connectivity index (χ1n) is 7.04. The highest BCUT2D eigenvalue weighted by Gasteiger charge is 2.16. The Morgan fingerprint density at radius 2 is 1.96 bits per heavy atom. The molecule has 4 nitrogen and oxygen atoms in total. The molecule has 0 aromatic heterocycles. The van der Waals surface area contributed by atoms with Crippen LogP contribution in [0.4, 0.5) is 5.69 Å². The summed E-state index contributed by atoms with van der Waals surface area (Å²) < 4.78 is 12.4. The maximum atomic E-state index is 12.5. The number of methoxy groups -OCH3 is 1. The van der Waals surface area contributed by atoms with Crippen molar-refractivity contribution in [2.75, 3.05) is 19.0 Å². The Labute approximate surface area is 152 Å². The summed E-state index contributed by atoms with van der Waals surface area (Å²) in [6.45, 7) is 4.34. The third kappa shape index (κ3) is 4.26. The zero-order chi connectivity index (χ0) is 17.0. The summed E-state index contributed by atoms with van der Waals surface area (Å²) in [5.74, 6) is 0.885. The minimum absolute atomic E-state index is 0.215. The molecule has 0 aliphatic heterocycles. The molecule has 0 radical (unpaired) electrons. The molecule has 0 atom stereocenters. The second-order valence-electron chi connectivity index (χ2n) is 4.84. The minimum atomic E-state index is -0.215. The van der Waals surface area contributed by atoms with Gasteiger partial charge in [0.05, 0.1) is 18.2 Å². The molecule has 23 heavy (non-hydrogen) atoms. The molecule has 0 aliphatic carbocycles. The van der Waals surface area contributed by atoms with E-state index in [0.29, 0.717) is 28.1 Å². The number of nitrogens with one attached hydrogen (secondary N) is 1. The molecule has 1 amide bonds. The van der Waals surface area contributed by atoms with Crippen LogP contribution in [0.3, 0.4) is 0 Å². The smallest absolute Gasteiger partial charge is 0.255 e. The number of carbonyl (C=O) groups excluding carboxylic acids is 1. The molecule has 0 saturated heterocycles. The lowest BCUT2D eigenvalue weighted by Gasteiger charge is -2.14. The van der Waals surface area contributed by atoms with Crippen molar-refractivity contribution >= 4 is 43.5 Å². The lowest BCUT2D eigenvalue weighted by molar-refractivity contribution is 0.102. The zero-order valence-electron chi connectivity index (χ0n) is 13.1. The SMILES string of the molecule is CCOc1c(Br)cc(C(=O)Nc2cc(Br)ccc2C)cc1OC. The summed E-state index contributed by atoms with van der Waals surface area (Å²) in [6, 6.07) is 9.12. The average molecular weight is 443 g/mol. The van der Waals surface area contributed by atoms with Gasteiger partial charge in [0.1, 0.15) is 0 Å². The van der Waals surface area contributed by atoms with Crippen molar-refractivity contribution in [2.24, 2.45) is 0 Å². The minimum Gasteiger partial charge on any atom is -0.493 e. The molecule has 0 fully saturated rings. The number of hydrogen-bond acceptors (Lipinski definition) is 3. The van der Waals surface area contributed by atoms with Crippen molar-refractivity contribution in [3.63, 3.8) is 0 Å². The number of rotatable bonds is 5. The standard InChI is InChI=1S/C17H17Br2NO3/c1-4-23-16-13(19)7-11(8-15(16)22-3)17(21)20-14-9-12(18)6-5-10(14)2/h5-9H,4H2,1-3H3,(H,20,21). The molecule has 0 saturated carbocycles. The van der Waals surface area contributed by atoms with Gasteiger partial charge in [-0.1, -0.05) is 22.0 Å². The molecular weight excluding hydrogens is 426 g/mol. The molecular formula is C17H17Br2NO3. The number of ether oxygens (including phenoxy) is 2. The highest BCUT2D eigenvalue weighted by Crippen LogP contribution is 2.37. The van der Waals surface area contributed by atoms with Gasteiger partial charge in [0.15, 0.2) is 11.5 Å². The molecule has 0 heterocycles. The number of benzene rings is 2. The van der Waals surface area contributed by atoms with Crippen molar-refractivity contribution in [1.29, 1.82) is 0 Å². The Morgan fingerprint density at radius 3 is 2.61 bits per heavy atom. The van der Waals surface area contributed by atoms with Gasteiger partial charge in [-0.15, -0.1) is 0 Å². The molecule has 1 N–H and O–H groups in total. The van der Waals surface area contributed by atoms with E-state index >= 15 is 0 Å². The lowest BCUT2D eigenvalue weighted by atomic mass is 10.1. The quantitative estimate of drug-likeness (QED) is 0.693. The van der Waals surface area contributed by atoms with Crippen LogP contribution in [-0.2, 0) is 0 Å². The van der Waals surface area contributed by atoms with Crippen LogP contribution in [0.2, 0.25) is 0 Å². The third-order valence-corrected chi connectivity index (χ3v) is 4.31. The number of hydrogen-bond donors (Lipinski definition) is 1. The maximum Gasteiger partial charge on any atom is 0.255 e. The number of carbonyl (C=O) groups is 1. The largest absolute Gasteiger partial charge is 0.493 e. The van der Waals surface area contributed by atoms with Crippen LogP contribution < -0.4 is 14.8 Å². The number of aryl methyl sites for hydroxylation is 1. The highest BCUT2D eigenvalue weighted by molar-refractivity contribution is 9.10. The average Bonchev–Trinajstić information content (AvgIpc) is 2.52. The van der Waals surface area contributed by atoms with Gasteiger partial charge in [-0.2, -0.15) is 0 Å². The number of halogens is 2. The van der Waals surface area contributed by atoms with Gasteiger partial charge in [0.25, 0.3) is 5.91 Å². The van der Waals surface area contributed by atoms with E-state index in [-0.39, 0.29) is 5.91 Å². The van der Waals surface area contributed by atoms with Crippen LogP contribution in [0.5, 0.6) is 11.5 Å². The molecule has 122 valence electrons. The van der Waals surface area contributed by atoms with Gasteiger partial charge in [0, 0.05) is 15.7 Å². The first-order valence-corrected chi connectivity index (χ1v) is 8.62. The fraction of sp³-hybridized carbons (Fsp3) is 0.235. The van der Waals surface area contributed by atoms with Crippen LogP contribution in [0.1, 0.15) is 22.8 Å². The number of anilines is 1. The predicted octanol–water partition coefficient (Wildman–Crippen LogP) is 5.18. The van der Waals surface area contributed by atoms with E-state index in [2.05, 4.69) is 37.2 Å². The molecule has 0 unspecified atom stereocenters. The predicted molar refractivity (Wildman–Crippen MR) is 98.7 cm³/mol. The molecule has 2 aromatic rings. The van der Waals surface area contributed by atoms with Gasteiger partial charge in [-0.05, 0) is 59.6 Å². The summed E-state index contributed by atoms with van der Waals surface area (Å²) in [4.78, 5) is 12.5. The van der Waals surface area contributed by atoms with E-state index < -0.39 is 0 Å². The van der Waals surface area contributed by atoms with Crippen LogP contribution >= 0.6 is 31.9 Å². The van der Waals surface area contributed by atoms with E-state index in [1.54, 1.807) is 19.2 Å². The van der Waals surface area contributed by atoms with Gasteiger partial charge in [0.2, 0.25) is 0 Å².